The van der Waals surface area contributed by atoms with Crippen molar-refractivity contribution in [1.29, 1.82) is 0 Å². The lowest BCUT2D eigenvalue weighted by Crippen LogP contribution is -2.70. The molecule has 1 saturated heterocycles. The zero-order chi connectivity index (χ0) is 26.5. The molecule has 0 aromatic carbocycles. The average molecular weight is 509 g/mol. The number of fused-ring (bicyclic) bond motifs is 2. The molecule has 0 amide bonds. The highest BCUT2D eigenvalue weighted by Gasteiger charge is 2.76. The van der Waals surface area contributed by atoms with Gasteiger partial charge in [0.25, 0.3) is 0 Å². The van der Waals surface area contributed by atoms with Crippen LogP contribution in [0.1, 0.15) is 66.7 Å². The summed E-state index contributed by atoms with van der Waals surface area (Å²) in [6.45, 7) is 9.31. The molecular weight excluding hydrogens is 468 g/mol. The van der Waals surface area contributed by atoms with Crippen LogP contribution in [-0.4, -0.2) is 71.9 Å². The lowest BCUT2D eigenvalue weighted by Gasteiger charge is -2.64. The third-order valence-corrected chi connectivity index (χ3v) is 9.67. The highest BCUT2D eigenvalue weighted by atomic mass is 16.6. The van der Waals surface area contributed by atoms with Crippen molar-refractivity contribution >= 4 is 17.9 Å². The number of esters is 3. The smallest absolute Gasteiger partial charge is 0.331 e. The molecule has 36 heavy (non-hydrogen) atoms. The number of hydrogen-bond donors (Lipinski definition) is 2. The van der Waals surface area contributed by atoms with Gasteiger partial charge in [0.05, 0.1) is 30.7 Å². The van der Waals surface area contributed by atoms with Gasteiger partial charge in [-0.15, -0.1) is 0 Å². The van der Waals surface area contributed by atoms with E-state index < -0.39 is 52.6 Å². The van der Waals surface area contributed by atoms with Crippen molar-refractivity contribution in [3.8, 4) is 0 Å². The maximum atomic E-state index is 12.9. The lowest BCUT2D eigenvalue weighted by molar-refractivity contribution is -0.252. The van der Waals surface area contributed by atoms with Crippen molar-refractivity contribution in [2.75, 3.05) is 19.8 Å². The Hall–Kier alpha value is -1.97. The van der Waals surface area contributed by atoms with Gasteiger partial charge in [-0.05, 0) is 43.4 Å². The van der Waals surface area contributed by atoms with Gasteiger partial charge in [0.15, 0.2) is 0 Å². The summed E-state index contributed by atoms with van der Waals surface area (Å²) in [5.74, 6) is -2.14. The molecule has 2 heterocycles. The summed E-state index contributed by atoms with van der Waals surface area (Å²) >= 11 is 0. The van der Waals surface area contributed by atoms with Crippen LogP contribution in [0.2, 0.25) is 0 Å². The summed E-state index contributed by atoms with van der Waals surface area (Å²) in [4.78, 5) is 36.9. The van der Waals surface area contributed by atoms with E-state index in [0.29, 0.717) is 44.3 Å². The Kier molecular flexibility index (Phi) is 7.31. The van der Waals surface area contributed by atoms with E-state index >= 15 is 0 Å². The Morgan fingerprint density at radius 2 is 2.03 bits per heavy atom. The second kappa shape index (κ2) is 9.72. The van der Waals surface area contributed by atoms with Gasteiger partial charge in [0.1, 0.15) is 24.4 Å². The van der Waals surface area contributed by atoms with Crippen molar-refractivity contribution in [3.05, 3.63) is 11.6 Å². The first-order valence-electron chi connectivity index (χ1n) is 13.1. The number of carbonyl (C=O) groups excluding carboxylic acids is 3. The van der Waals surface area contributed by atoms with Gasteiger partial charge < -0.3 is 29.2 Å². The Labute approximate surface area is 212 Å². The first-order valence-corrected chi connectivity index (χ1v) is 13.1. The van der Waals surface area contributed by atoms with Crippen LogP contribution in [0.3, 0.4) is 0 Å². The van der Waals surface area contributed by atoms with Gasteiger partial charge in [-0.1, -0.05) is 27.7 Å². The van der Waals surface area contributed by atoms with Crippen LogP contribution in [0.5, 0.6) is 0 Å². The van der Waals surface area contributed by atoms with Crippen LogP contribution in [0, 0.1) is 28.6 Å². The van der Waals surface area contributed by atoms with Crippen LogP contribution in [0.4, 0.5) is 0 Å². The molecule has 0 radical (unpaired) electrons. The Morgan fingerprint density at radius 3 is 2.56 bits per heavy atom. The van der Waals surface area contributed by atoms with Crippen molar-refractivity contribution in [2.45, 2.75) is 90.6 Å². The number of ether oxygens (including phenoxy) is 4. The quantitative estimate of drug-likeness (QED) is 0.288. The summed E-state index contributed by atoms with van der Waals surface area (Å²) in [5, 5.41) is 22.4. The second-order valence-electron chi connectivity index (χ2n) is 11.6. The van der Waals surface area contributed by atoms with Crippen LogP contribution in [0.25, 0.3) is 0 Å². The molecule has 2 N–H and O–H groups in total. The Morgan fingerprint density at radius 1 is 1.33 bits per heavy atom. The number of rotatable bonds is 8. The highest BCUT2D eigenvalue weighted by molar-refractivity contribution is 5.85. The minimum atomic E-state index is -1.00. The van der Waals surface area contributed by atoms with Crippen molar-refractivity contribution in [3.63, 3.8) is 0 Å². The van der Waals surface area contributed by atoms with E-state index in [4.69, 9.17) is 18.9 Å². The summed E-state index contributed by atoms with van der Waals surface area (Å²) in [5.41, 5.74) is -1.74. The lowest BCUT2D eigenvalue weighted by atomic mass is 9.42. The highest BCUT2D eigenvalue weighted by Crippen LogP contribution is 2.69. The van der Waals surface area contributed by atoms with Crippen LogP contribution >= 0.6 is 0 Å². The van der Waals surface area contributed by atoms with Crippen LogP contribution in [0.15, 0.2) is 11.6 Å². The van der Waals surface area contributed by atoms with Crippen molar-refractivity contribution < 1.29 is 43.5 Å². The third kappa shape index (κ3) is 4.27. The number of epoxide rings is 1. The van der Waals surface area contributed by atoms with E-state index in [1.165, 1.54) is 13.0 Å². The zero-order valence-electron chi connectivity index (χ0n) is 22.0. The molecule has 3 fully saturated rings. The van der Waals surface area contributed by atoms with E-state index in [1.54, 1.807) is 6.92 Å². The van der Waals surface area contributed by atoms with Crippen molar-refractivity contribution in [1.82, 2.24) is 0 Å². The van der Waals surface area contributed by atoms with Gasteiger partial charge in [-0.2, -0.15) is 0 Å². The molecule has 0 unspecified atom stereocenters. The molecule has 9 nitrogen and oxygen atoms in total. The van der Waals surface area contributed by atoms with Gasteiger partial charge in [-0.25, -0.2) is 4.79 Å². The fourth-order valence-electron chi connectivity index (χ4n) is 7.21. The van der Waals surface area contributed by atoms with E-state index in [2.05, 4.69) is 0 Å². The fourth-order valence-corrected chi connectivity index (χ4v) is 7.21. The van der Waals surface area contributed by atoms with Crippen LogP contribution < -0.4 is 0 Å². The van der Waals surface area contributed by atoms with Gasteiger partial charge in [-0.3, -0.25) is 9.59 Å². The maximum Gasteiger partial charge on any atom is 0.331 e. The maximum absolute atomic E-state index is 12.9. The predicted octanol–water partition coefficient (Wildman–Crippen LogP) is 2.31. The molecule has 0 aromatic heterocycles. The topological polar surface area (TPSA) is 132 Å². The molecule has 4 aliphatic rings. The first kappa shape index (κ1) is 27.1. The second-order valence-corrected chi connectivity index (χ2v) is 11.6. The molecule has 202 valence electrons. The fraction of sp³-hybridized carbons (Fsp3) is 0.815. The summed E-state index contributed by atoms with van der Waals surface area (Å²) in [6.07, 6.45) is 1.72. The molecule has 0 aromatic rings. The summed E-state index contributed by atoms with van der Waals surface area (Å²) in [6, 6.07) is 0. The minimum Gasteiger partial charge on any atom is -0.462 e. The number of cyclic esters (lactones) is 1. The molecule has 9 atom stereocenters. The molecule has 4 rings (SSSR count). The molecule has 2 aliphatic carbocycles. The first-order chi connectivity index (χ1) is 16.9. The normalized spacial score (nSPS) is 41.1. The van der Waals surface area contributed by atoms with E-state index in [0.717, 1.165) is 0 Å². The largest absolute Gasteiger partial charge is 0.462 e. The van der Waals surface area contributed by atoms with Crippen LogP contribution in [-0.2, 0) is 33.3 Å². The third-order valence-electron chi connectivity index (χ3n) is 9.67. The van der Waals surface area contributed by atoms with Gasteiger partial charge in [0.2, 0.25) is 0 Å². The molecule has 2 saturated carbocycles. The van der Waals surface area contributed by atoms with Gasteiger partial charge in [0, 0.05) is 24.5 Å². The zero-order valence-corrected chi connectivity index (χ0v) is 22.0. The van der Waals surface area contributed by atoms with Crippen molar-refractivity contribution in [2.24, 2.45) is 28.6 Å². The van der Waals surface area contributed by atoms with E-state index in [9.17, 15) is 24.6 Å². The number of carbonyl (C=O) groups is 3. The Balaban J connectivity index is 1.76. The number of aliphatic hydroxyl groups excluding tert-OH is 2. The molecule has 2 aliphatic heterocycles. The monoisotopic (exact) mass is 508 g/mol. The standard InChI is InChI=1S/C27H40O9/c1-6-15(2)24(32)36-20(18-10-22(31)33-12-18)11-25(5)16(3)9-21(35-17(4)29)27(13-28)23(25)19(30)7-8-26(27)14-34-26/h10,15-16,19-21,23,28,30H,6-9,11-14H2,1-5H3/t15-,16+,19+,20-,21-,23+,25-,26-,27+/m0/s1. The number of hydrogen-bond acceptors (Lipinski definition) is 9. The van der Waals surface area contributed by atoms with E-state index in [1.807, 2.05) is 20.8 Å². The molecule has 1 spiro atoms. The SMILES string of the molecule is CC[C@H](C)C(=O)O[C@@H](C[C@@]1(C)[C@H](C)C[C@H](OC(C)=O)[C@]2(CO)[C@@H]1[C@H](O)CC[C@]21CO1)C1=CC(=O)OC1. The minimum absolute atomic E-state index is 0.0449. The molecule has 9 heteroatoms. The van der Waals surface area contributed by atoms with Gasteiger partial charge >= 0.3 is 17.9 Å². The Bertz CT molecular complexity index is 924. The number of aliphatic hydroxyl groups is 2. The predicted molar refractivity (Wildman–Crippen MR) is 127 cm³/mol. The van der Waals surface area contributed by atoms with E-state index in [-0.39, 0.29) is 31.0 Å². The molecular formula is C27H40O9. The summed E-state index contributed by atoms with van der Waals surface area (Å²) < 4.78 is 23.0. The summed E-state index contributed by atoms with van der Waals surface area (Å²) in [7, 11) is 0. The average Bonchev–Trinajstić information content (AvgIpc) is 3.48. The molecule has 0 bridgehead atoms.